The number of ether oxygens (including phenoxy) is 1. The molecule has 0 bridgehead atoms. The van der Waals surface area contributed by atoms with Crippen molar-refractivity contribution in [2.75, 3.05) is 26.2 Å². The van der Waals surface area contributed by atoms with E-state index in [0.717, 1.165) is 44.7 Å². The highest BCUT2D eigenvalue weighted by molar-refractivity contribution is 5.84. The zero-order valence-electron chi connectivity index (χ0n) is 38.3. The molecular weight excluding hydrogens is 721 g/mol. The first-order valence-electron chi connectivity index (χ1n) is 24.7. The number of nitrogens with zero attached hydrogens (tertiary/aromatic N) is 2. The molecule has 0 spiro atoms. The van der Waals surface area contributed by atoms with E-state index in [1.54, 1.807) is 0 Å². The molecule has 0 aromatic rings. The summed E-state index contributed by atoms with van der Waals surface area (Å²) in [7, 11) is 0. The molecule has 2 heterocycles. The Balaban J connectivity index is 0.953. The normalized spacial score (nSPS) is 47.8. The molecule has 2 saturated heterocycles. The van der Waals surface area contributed by atoms with Crippen LogP contribution in [0.25, 0.3) is 0 Å². The number of hydrogen-bond acceptors (Lipinski definition) is 5. The number of carboxylic acid groups (broad SMARTS) is 1. The van der Waals surface area contributed by atoms with Gasteiger partial charge in [0.15, 0.2) is 0 Å². The van der Waals surface area contributed by atoms with Crippen molar-refractivity contribution in [3.63, 3.8) is 0 Å². The molecule has 1 amide bonds. The lowest BCUT2D eigenvalue weighted by molar-refractivity contribution is -0.253. The molecule has 0 radical (unpaired) electrons. The molecule has 0 unspecified atom stereocenters. The van der Waals surface area contributed by atoms with Gasteiger partial charge in [0.1, 0.15) is 6.10 Å². The van der Waals surface area contributed by atoms with E-state index in [1.165, 1.54) is 96.6 Å². The van der Waals surface area contributed by atoms with Gasteiger partial charge in [-0.2, -0.15) is 0 Å². The van der Waals surface area contributed by atoms with Gasteiger partial charge in [0.2, 0.25) is 5.91 Å². The maximum atomic E-state index is 15.6. The summed E-state index contributed by atoms with van der Waals surface area (Å²) in [6.45, 7) is 26.1. The van der Waals surface area contributed by atoms with Gasteiger partial charge in [0.25, 0.3) is 0 Å². The molecule has 0 aromatic heterocycles. The molecule has 326 valence electrons. The minimum Gasteiger partial charge on any atom is -0.481 e. The van der Waals surface area contributed by atoms with Crippen LogP contribution in [0.5, 0.6) is 0 Å². The summed E-state index contributed by atoms with van der Waals surface area (Å²) < 4.78 is 6.50. The van der Waals surface area contributed by atoms with Gasteiger partial charge in [-0.05, 0) is 185 Å². The average Bonchev–Trinajstić information content (AvgIpc) is 3.54. The Morgan fingerprint density at radius 2 is 1.40 bits per heavy atom. The second kappa shape index (κ2) is 13.9. The minimum absolute atomic E-state index is 0.133. The Morgan fingerprint density at radius 3 is 2.05 bits per heavy atom. The van der Waals surface area contributed by atoms with Crippen molar-refractivity contribution in [2.24, 2.45) is 85.2 Å². The molecule has 9 rings (SSSR count). The predicted octanol–water partition coefficient (Wildman–Crippen LogP) is 10.6. The molecule has 7 saturated carbocycles. The summed E-state index contributed by atoms with van der Waals surface area (Å²) in [5, 5.41) is 9.72. The zero-order chi connectivity index (χ0) is 41.4. The van der Waals surface area contributed by atoms with Gasteiger partial charge in [0.05, 0.1) is 17.3 Å². The van der Waals surface area contributed by atoms with Crippen LogP contribution in [0.2, 0.25) is 0 Å². The lowest BCUT2D eigenvalue weighted by Crippen LogP contribution is -2.68. The van der Waals surface area contributed by atoms with E-state index >= 15 is 4.79 Å². The highest BCUT2D eigenvalue weighted by Crippen LogP contribution is 2.79. The van der Waals surface area contributed by atoms with Crippen LogP contribution in [-0.2, 0) is 19.1 Å². The van der Waals surface area contributed by atoms with Gasteiger partial charge < -0.3 is 19.6 Å². The average molecular weight is 803 g/mol. The maximum Gasteiger partial charge on any atom is 0.309 e. The topological polar surface area (TPSA) is 87.2 Å². The summed E-state index contributed by atoms with van der Waals surface area (Å²) in [4.78, 5) is 46.3. The van der Waals surface area contributed by atoms with Crippen molar-refractivity contribution in [2.45, 2.75) is 190 Å². The van der Waals surface area contributed by atoms with E-state index in [-0.39, 0.29) is 45.1 Å². The number of hydrogen-bond donors (Lipinski definition) is 1. The molecule has 1 N–H and O–H groups in total. The first-order valence-corrected chi connectivity index (χ1v) is 24.7. The first-order chi connectivity index (χ1) is 27.3. The van der Waals surface area contributed by atoms with Crippen LogP contribution >= 0.6 is 0 Å². The number of aliphatic carboxylic acids is 1. The number of carboxylic acids is 1. The van der Waals surface area contributed by atoms with E-state index in [2.05, 4.69) is 58.3 Å². The number of carbonyl (C=O) groups excluding carboxylic acids is 2. The van der Waals surface area contributed by atoms with Gasteiger partial charge in [-0.3, -0.25) is 14.4 Å². The lowest BCUT2D eigenvalue weighted by atomic mass is 9.32. The minimum atomic E-state index is -0.801. The molecule has 13 atom stereocenters. The third kappa shape index (κ3) is 5.87. The van der Waals surface area contributed by atoms with Gasteiger partial charge in [0, 0.05) is 24.5 Å². The van der Waals surface area contributed by atoms with Crippen molar-refractivity contribution in [1.82, 2.24) is 9.80 Å². The molecule has 7 aliphatic carbocycles. The summed E-state index contributed by atoms with van der Waals surface area (Å²) in [6.07, 6.45) is 20.8. The highest BCUT2D eigenvalue weighted by Gasteiger charge is 2.74. The number of esters is 1. The number of piperidine rings is 1. The van der Waals surface area contributed by atoms with Crippen molar-refractivity contribution in [3.05, 3.63) is 0 Å². The van der Waals surface area contributed by atoms with Crippen LogP contribution in [0.15, 0.2) is 0 Å². The number of carbonyl (C=O) groups is 3. The molecule has 9 aliphatic rings. The first kappa shape index (κ1) is 41.7. The highest BCUT2D eigenvalue weighted by atomic mass is 16.5. The van der Waals surface area contributed by atoms with E-state index in [4.69, 9.17) is 4.74 Å². The summed E-state index contributed by atoms with van der Waals surface area (Å²) in [6, 6.07) is 0.396. The van der Waals surface area contributed by atoms with Crippen LogP contribution in [0.3, 0.4) is 0 Å². The van der Waals surface area contributed by atoms with Crippen molar-refractivity contribution < 1.29 is 24.2 Å². The van der Waals surface area contributed by atoms with Crippen molar-refractivity contribution >= 4 is 17.8 Å². The Kier molecular flexibility index (Phi) is 10.0. The van der Waals surface area contributed by atoms with Crippen LogP contribution in [0.1, 0.15) is 178 Å². The number of likely N-dealkylation sites (tertiary alicyclic amines) is 2. The Labute approximate surface area is 352 Å². The molecule has 7 nitrogen and oxygen atoms in total. The van der Waals surface area contributed by atoms with E-state index in [1.807, 2.05) is 13.8 Å². The third-order valence-electron chi connectivity index (χ3n) is 22.2. The monoisotopic (exact) mass is 803 g/mol. The lowest BCUT2D eigenvalue weighted by Gasteiger charge is -2.73. The third-order valence-corrected chi connectivity index (χ3v) is 22.2. The predicted molar refractivity (Wildman–Crippen MR) is 229 cm³/mol. The van der Waals surface area contributed by atoms with Crippen molar-refractivity contribution in [1.29, 1.82) is 0 Å². The summed E-state index contributed by atoms with van der Waals surface area (Å²) in [5.74, 6) is 2.56. The molecule has 0 aromatic carbocycles. The SMILES string of the molecule is CCC1CCN(C[C@@H]2CCCN2C(=O)[C@]23CC[C@@H](C4(C)CC4)[C@@H]2[C@H]2CC[C@@H]4[C@@]5(C)CC[C@H](OC(=O)[C@H]6C[C@@H](C(=O)O)C6(C)C)C(C)(C)[C@@H]5CC[C@@]4(C)[C@]2(C)CC3)CC1. The number of amides is 1. The second-order valence-electron chi connectivity index (χ2n) is 24.9. The van der Waals surface area contributed by atoms with Gasteiger partial charge in [-0.15, -0.1) is 0 Å². The Hall–Kier alpha value is -1.63. The molecule has 58 heavy (non-hydrogen) atoms. The molecule has 2 aliphatic heterocycles. The molecule has 9 fully saturated rings. The van der Waals surface area contributed by atoms with Crippen LogP contribution in [0.4, 0.5) is 0 Å². The van der Waals surface area contributed by atoms with Gasteiger partial charge in [-0.1, -0.05) is 68.7 Å². The fourth-order valence-corrected chi connectivity index (χ4v) is 17.9. The van der Waals surface area contributed by atoms with Gasteiger partial charge in [-0.25, -0.2) is 0 Å². The second-order valence-corrected chi connectivity index (χ2v) is 24.9. The number of rotatable bonds is 8. The van der Waals surface area contributed by atoms with Crippen molar-refractivity contribution in [3.8, 4) is 0 Å². The molecule has 7 heteroatoms. The van der Waals surface area contributed by atoms with E-state index in [9.17, 15) is 14.7 Å². The van der Waals surface area contributed by atoms with Gasteiger partial charge >= 0.3 is 11.9 Å². The summed E-state index contributed by atoms with van der Waals surface area (Å²) >= 11 is 0. The van der Waals surface area contributed by atoms with E-state index < -0.39 is 17.3 Å². The fourth-order valence-electron chi connectivity index (χ4n) is 17.9. The standard InChI is InChI=1S/C51H82N2O5/c1-10-32-18-28-52(29-19-32)31-33-12-11-27-53(33)44(57)51-22-15-34(47(6)23-24-47)41(51)35-13-14-39-48(7)20-17-40(58-43(56)37-30-36(42(54)55)45(37,2)3)46(4,5)38(48)16-21-50(39,9)49(35,8)25-26-51/h32-41H,10-31H2,1-9H3,(H,54,55)/t33-,34+,35+,36-,37+,38-,39+,40-,41+,48-,49+,50+,51-/m0/s1. The summed E-state index contributed by atoms with van der Waals surface area (Å²) in [5.41, 5.74) is 0.130. The Morgan fingerprint density at radius 1 is 0.672 bits per heavy atom. The van der Waals surface area contributed by atoms with E-state index in [0.29, 0.717) is 53.4 Å². The smallest absolute Gasteiger partial charge is 0.309 e. The fraction of sp³-hybridized carbons (Fsp3) is 0.941. The number of fused-ring (bicyclic) bond motifs is 7. The maximum absolute atomic E-state index is 15.6. The van der Waals surface area contributed by atoms with Crippen LogP contribution < -0.4 is 0 Å². The van der Waals surface area contributed by atoms with Crippen LogP contribution in [0, 0.1) is 85.2 Å². The quantitative estimate of drug-likeness (QED) is 0.246. The molecular formula is C51H82N2O5. The zero-order valence-corrected chi connectivity index (χ0v) is 38.3. The Bertz CT molecular complexity index is 1640. The largest absolute Gasteiger partial charge is 0.481 e. The van der Waals surface area contributed by atoms with Crippen LogP contribution in [-0.4, -0.2) is 71.1 Å².